The molecule has 102 valence electrons. The molecule has 0 aliphatic rings. The quantitative estimate of drug-likeness (QED) is 0.658. The Morgan fingerprint density at radius 3 is 2.85 bits per heavy atom. The zero-order valence-electron chi connectivity index (χ0n) is 11.2. The first-order valence-electron chi connectivity index (χ1n) is 5.94. The van der Waals surface area contributed by atoms with Crippen LogP contribution in [0.4, 0.5) is 0 Å². The number of hydrogen-bond donors (Lipinski definition) is 2. The second-order valence-corrected chi connectivity index (χ2v) is 4.27. The van der Waals surface area contributed by atoms with E-state index in [1.165, 1.54) is 0 Å². The Kier molecular flexibility index (Phi) is 3.74. The molecule has 0 unspecified atom stereocenters. The molecule has 1 aromatic heterocycles. The van der Waals surface area contributed by atoms with Gasteiger partial charge in [0.25, 0.3) is 0 Å². The maximum absolute atomic E-state index is 12.0. The molecule has 0 atom stereocenters. The fraction of sp³-hybridized carbons (Fsp3) is 0.143. The Balaban J connectivity index is 2.51. The van der Waals surface area contributed by atoms with E-state index in [0.29, 0.717) is 11.7 Å². The largest absolute Gasteiger partial charge is 0.440 e. The Hall–Kier alpha value is -2.76. The van der Waals surface area contributed by atoms with Gasteiger partial charge in [-0.05, 0) is 13.0 Å². The van der Waals surface area contributed by atoms with Gasteiger partial charge in [-0.2, -0.15) is 4.99 Å². The summed E-state index contributed by atoms with van der Waals surface area (Å²) in [7, 11) is 0. The van der Waals surface area contributed by atoms with Gasteiger partial charge >= 0.3 is 5.91 Å². The normalized spacial score (nSPS) is 11.4. The van der Waals surface area contributed by atoms with E-state index >= 15 is 0 Å². The molecule has 1 amide bonds. The van der Waals surface area contributed by atoms with Gasteiger partial charge < -0.3 is 15.6 Å². The van der Waals surface area contributed by atoms with E-state index < -0.39 is 5.91 Å². The lowest BCUT2D eigenvalue weighted by atomic mass is 10.1. The van der Waals surface area contributed by atoms with Crippen molar-refractivity contribution in [3.8, 4) is 11.3 Å². The highest BCUT2D eigenvalue weighted by Gasteiger charge is 2.20. The number of nitrogens with one attached hydrogen (secondary N) is 1. The SMILES string of the molecule is Cc1cccc(-c2oc(C)nc2C(=O)N=C(N)C=N)c1. The number of carbonyl (C=O) groups excluding carboxylic acids is 1. The highest BCUT2D eigenvalue weighted by molar-refractivity contribution is 6.30. The van der Waals surface area contributed by atoms with Crippen molar-refractivity contribution in [3.05, 3.63) is 41.4 Å². The van der Waals surface area contributed by atoms with Crippen molar-refractivity contribution in [1.82, 2.24) is 4.98 Å². The molecule has 0 saturated heterocycles. The van der Waals surface area contributed by atoms with Gasteiger partial charge in [0, 0.05) is 12.5 Å². The van der Waals surface area contributed by atoms with Gasteiger partial charge in [0.1, 0.15) is 5.84 Å². The van der Waals surface area contributed by atoms with Crippen LogP contribution in [0.2, 0.25) is 0 Å². The van der Waals surface area contributed by atoms with Crippen LogP contribution in [0.15, 0.2) is 33.7 Å². The maximum atomic E-state index is 12.0. The molecule has 20 heavy (non-hydrogen) atoms. The predicted molar refractivity (Wildman–Crippen MR) is 76.1 cm³/mol. The highest BCUT2D eigenvalue weighted by atomic mass is 16.4. The zero-order chi connectivity index (χ0) is 14.7. The molecule has 0 spiro atoms. The number of nitrogens with zero attached hydrogens (tertiary/aromatic N) is 2. The Labute approximate surface area is 115 Å². The van der Waals surface area contributed by atoms with Crippen LogP contribution in [-0.4, -0.2) is 22.9 Å². The zero-order valence-corrected chi connectivity index (χ0v) is 11.2. The average Bonchev–Trinajstić information content (AvgIpc) is 2.81. The average molecular weight is 270 g/mol. The number of amides is 1. The number of benzene rings is 1. The summed E-state index contributed by atoms with van der Waals surface area (Å²) in [6.45, 7) is 3.60. The molecule has 0 radical (unpaired) electrons. The molecule has 1 aromatic carbocycles. The Bertz CT molecular complexity index is 701. The van der Waals surface area contributed by atoms with Crippen molar-refractivity contribution in [2.75, 3.05) is 0 Å². The topological polar surface area (TPSA) is 105 Å². The predicted octanol–water partition coefficient (Wildman–Crippen LogP) is 2.11. The molecule has 6 heteroatoms. The lowest BCUT2D eigenvalue weighted by molar-refractivity contribution is 0.0999. The summed E-state index contributed by atoms with van der Waals surface area (Å²) in [6, 6.07) is 7.53. The van der Waals surface area contributed by atoms with Crippen molar-refractivity contribution >= 4 is 18.0 Å². The van der Waals surface area contributed by atoms with Gasteiger partial charge in [-0.1, -0.05) is 23.8 Å². The molecule has 6 nitrogen and oxygen atoms in total. The molecule has 2 aromatic rings. The van der Waals surface area contributed by atoms with Crippen LogP contribution in [0.5, 0.6) is 0 Å². The van der Waals surface area contributed by atoms with Gasteiger partial charge in [-0.25, -0.2) is 4.98 Å². The van der Waals surface area contributed by atoms with Crippen LogP contribution >= 0.6 is 0 Å². The third-order valence-electron chi connectivity index (χ3n) is 2.60. The molecule has 0 aliphatic carbocycles. The number of nitrogens with two attached hydrogens (primary N) is 1. The first kappa shape index (κ1) is 13.7. The third kappa shape index (κ3) is 2.80. The number of oxazole rings is 1. The maximum Gasteiger partial charge on any atom is 0.301 e. The van der Waals surface area contributed by atoms with E-state index in [4.69, 9.17) is 15.6 Å². The van der Waals surface area contributed by atoms with Gasteiger partial charge in [0.2, 0.25) is 0 Å². The summed E-state index contributed by atoms with van der Waals surface area (Å²) >= 11 is 0. The summed E-state index contributed by atoms with van der Waals surface area (Å²) < 4.78 is 5.49. The van der Waals surface area contributed by atoms with Crippen LogP contribution < -0.4 is 5.73 Å². The molecule has 3 N–H and O–H groups in total. The van der Waals surface area contributed by atoms with Crippen molar-refractivity contribution in [2.45, 2.75) is 13.8 Å². The Morgan fingerprint density at radius 2 is 2.20 bits per heavy atom. The number of aliphatic imine (C=N–C) groups is 1. The minimum Gasteiger partial charge on any atom is -0.440 e. The third-order valence-corrected chi connectivity index (χ3v) is 2.60. The number of amidine groups is 1. The van der Waals surface area contributed by atoms with Crippen molar-refractivity contribution < 1.29 is 9.21 Å². The molecule has 2 rings (SSSR count). The molecular formula is C14H14N4O2. The molecule has 0 aliphatic heterocycles. The fourth-order valence-corrected chi connectivity index (χ4v) is 1.76. The van der Waals surface area contributed by atoms with Crippen molar-refractivity contribution in [2.24, 2.45) is 10.7 Å². The van der Waals surface area contributed by atoms with Crippen LogP contribution in [-0.2, 0) is 0 Å². The van der Waals surface area contributed by atoms with Gasteiger partial charge in [-0.15, -0.1) is 0 Å². The minimum absolute atomic E-state index is 0.0953. The second kappa shape index (κ2) is 5.48. The van der Waals surface area contributed by atoms with E-state index in [-0.39, 0.29) is 11.5 Å². The van der Waals surface area contributed by atoms with E-state index in [1.54, 1.807) is 6.92 Å². The fourth-order valence-electron chi connectivity index (χ4n) is 1.76. The summed E-state index contributed by atoms with van der Waals surface area (Å²) in [5, 5.41) is 6.94. The smallest absolute Gasteiger partial charge is 0.301 e. The van der Waals surface area contributed by atoms with E-state index in [0.717, 1.165) is 17.3 Å². The number of rotatable bonds is 3. The monoisotopic (exact) mass is 270 g/mol. The van der Waals surface area contributed by atoms with Gasteiger partial charge in [0.15, 0.2) is 17.3 Å². The minimum atomic E-state index is -0.626. The number of aromatic nitrogens is 1. The summed E-state index contributed by atoms with van der Waals surface area (Å²) in [5.74, 6) is -0.0728. The van der Waals surface area contributed by atoms with Crippen LogP contribution in [0.1, 0.15) is 21.9 Å². The van der Waals surface area contributed by atoms with Crippen LogP contribution in [0.3, 0.4) is 0 Å². The van der Waals surface area contributed by atoms with E-state index in [1.807, 2.05) is 31.2 Å². The second-order valence-electron chi connectivity index (χ2n) is 4.27. The summed E-state index contributed by atoms with van der Waals surface area (Å²) in [4.78, 5) is 19.6. The van der Waals surface area contributed by atoms with E-state index in [9.17, 15) is 4.79 Å². The van der Waals surface area contributed by atoms with Crippen molar-refractivity contribution in [1.29, 1.82) is 5.41 Å². The number of carbonyl (C=O) groups is 1. The lowest BCUT2D eigenvalue weighted by Gasteiger charge is -2.00. The van der Waals surface area contributed by atoms with Gasteiger partial charge in [0.05, 0.1) is 6.21 Å². The van der Waals surface area contributed by atoms with Gasteiger partial charge in [-0.3, -0.25) is 4.79 Å². The molecular weight excluding hydrogens is 256 g/mol. The standard InChI is InChI=1S/C14H14N4O2/c1-8-4-3-5-10(6-8)13-12(17-9(2)20-13)14(19)18-11(16)7-15/h3-7,15H,1-2H3,(H2,16,18,19). The molecule has 0 saturated carbocycles. The Morgan fingerprint density at radius 1 is 1.45 bits per heavy atom. The lowest BCUT2D eigenvalue weighted by Crippen LogP contribution is -2.15. The number of hydrogen-bond acceptors (Lipinski definition) is 4. The number of aryl methyl sites for hydroxylation is 2. The summed E-state index contributed by atoms with van der Waals surface area (Å²) in [5.41, 5.74) is 7.24. The first-order chi connectivity index (χ1) is 9.51. The molecule has 0 bridgehead atoms. The van der Waals surface area contributed by atoms with Crippen LogP contribution in [0, 0.1) is 19.3 Å². The summed E-state index contributed by atoms with van der Waals surface area (Å²) in [6.07, 6.45) is 0.803. The van der Waals surface area contributed by atoms with Crippen LogP contribution in [0.25, 0.3) is 11.3 Å². The van der Waals surface area contributed by atoms with Crippen molar-refractivity contribution in [3.63, 3.8) is 0 Å². The molecule has 0 fully saturated rings. The first-order valence-corrected chi connectivity index (χ1v) is 5.94. The highest BCUT2D eigenvalue weighted by Crippen LogP contribution is 2.26. The molecule has 1 heterocycles. The van der Waals surface area contributed by atoms with E-state index in [2.05, 4.69) is 9.98 Å².